The lowest BCUT2D eigenvalue weighted by Gasteiger charge is -1.99. The maximum atomic E-state index is 11.4. The van der Waals surface area contributed by atoms with Crippen LogP contribution in [0.15, 0.2) is 17.5 Å². The predicted octanol–water partition coefficient (Wildman–Crippen LogP) is 2.40. The number of carbonyl (C=O) groups is 1. The third kappa shape index (κ3) is 3.51. The second-order valence-corrected chi connectivity index (χ2v) is 5.24. The van der Waals surface area contributed by atoms with Gasteiger partial charge in [0.15, 0.2) is 0 Å². The van der Waals surface area contributed by atoms with E-state index in [0.29, 0.717) is 18.4 Å². The monoisotopic (exact) mass is 284 g/mol. The van der Waals surface area contributed by atoms with E-state index in [1.165, 1.54) is 4.88 Å². The number of esters is 1. The van der Waals surface area contributed by atoms with Crippen molar-refractivity contribution < 1.29 is 14.3 Å². The second kappa shape index (κ2) is 6.46. The molecular weight excluding hydrogens is 272 g/mol. The van der Waals surface area contributed by atoms with Crippen LogP contribution in [-0.4, -0.2) is 29.4 Å². The standard InChI is InChI=1S/C11H12N2O3S2/c1-2-15-10(14)9-12-13-11(18-9)16-6-5-8-4-3-7-17-8/h3-4,7H,2,5-6H2,1H3. The minimum Gasteiger partial charge on any atom is -0.469 e. The molecule has 0 saturated carbocycles. The van der Waals surface area contributed by atoms with E-state index in [1.807, 2.05) is 11.4 Å². The van der Waals surface area contributed by atoms with Crippen LogP contribution < -0.4 is 4.74 Å². The Morgan fingerprint density at radius 1 is 1.44 bits per heavy atom. The molecular formula is C11H12N2O3S2. The van der Waals surface area contributed by atoms with Crippen LogP contribution in [0, 0.1) is 0 Å². The third-order valence-corrected chi connectivity index (χ3v) is 3.76. The van der Waals surface area contributed by atoms with Gasteiger partial charge in [0.25, 0.3) is 5.19 Å². The maximum Gasteiger partial charge on any atom is 0.369 e. The van der Waals surface area contributed by atoms with Crippen molar-refractivity contribution in [3.63, 3.8) is 0 Å². The fourth-order valence-electron chi connectivity index (χ4n) is 1.24. The van der Waals surface area contributed by atoms with Crippen LogP contribution in [0.1, 0.15) is 21.6 Å². The van der Waals surface area contributed by atoms with Crippen molar-refractivity contribution >= 4 is 28.6 Å². The molecule has 2 heterocycles. The van der Waals surface area contributed by atoms with E-state index in [-0.39, 0.29) is 5.01 Å². The summed E-state index contributed by atoms with van der Waals surface area (Å²) in [6.07, 6.45) is 0.825. The van der Waals surface area contributed by atoms with E-state index in [4.69, 9.17) is 9.47 Å². The quantitative estimate of drug-likeness (QED) is 0.762. The summed E-state index contributed by atoms with van der Waals surface area (Å²) >= 11 is 2.79. The number of aromatic nitrogens is 2. The van der Waals surface area contributed by atoms with Gasteiger partial charge in [0.1, 0.15) is 0 Å². The van der Waals surface area contributed by atoms with Gasteiger partial charge in [-0.1, -0.05) is 11.2 Å². The fourth-order valence-corrected chi connectivity index (χ4v) is 2.54. The van der Waals surface area contributed by atoms with Gasteiger partial charge in [-0.15, -0.1) is 16.4 Å². The van der Waals surface area contributed by atoms with Gasteiger partial charge in [0.05, 0.1) is 13.2 Å². The first-order chi connectivity index (χ1) is 8.79. The van der Waals surface area contributed by atoms with Crippen molar-refractivity contribution in [2.45, 2.75) is 13.3 Å². The van der Waals surface area contributed by atoms with E-state index in [1.54, 1.807) is 18.3 Å². The Bertz CT molecular complexity index is 496. The highest BCUT2D eigenvalue weighted by Crippen LogP contribution is 2.19. The molecule has 2 aromatic heterocycles. The summed E-state index contributed by atoms with van der Waals surface area (Å²) in [5.74, 6) is -0.455. The van der Waals surface area contributed by atoms with Crippen molar-refractivity contribution in [3.05, 3.63) is 27.4 Å². The van der Waals surface area contributed by atoms with Gasteiger partial charge in [-0.2, -0.15) is 0 Å². The van der Waals surface area contributed by atoms with Crippen molar-refractivity contribution in [1.82, 2.24) is 10.2 Å². The number of nitrogens with zero attached hydrogens (tertiary/aromatic N) is 2. The number of ether oxygens (including phenoxy) is 2. The van der Waals surface area contributed by atoms with E-state index in [2.05, 4.69) is 16.3 Å². The molecule has 0 atom stereocenters. The molecule has 0 aliphatic heterocycles. The van der Waals surface area contributed by atoms with Gasteiger partial charge >= 0.3 is 5.97 Å². The summed E-state index contributed by atoms with van der Waals surface area (Å²) in [6.45, 7) is 2.60. The average Bonchev–Trinajstić information content (AvgIpc) is 3.00. The Balaban J connectivity index is 1.81. The molecule has 0 aliphatic rings. The Kier molecular flexibility index (Phi) is 4.66. The zero-order valence-corrected chi connectivity index (χ0v) is 11.4. The highest BCUT2D eigenvalue weighted by Gasteiger charge is 2.14. The van der Waals surface area contributed by atoms with Crippen LogP contribution in [0.3, 0.4) is 0 Å². The zero-order valence-electron chi connectivity index (χ0n) is 9.79. The van der Waals surface area contributed by atoms with Gasteiger partial charge in [-0.05, 0) is 29.7 Å². The van der Waals surface area contributed by atoms with Gasteiger partial charge in [0.2, 0.25) is 5.01 Å². The molecule has 0 aliphatic carbocycles. The number of carbonyl (C=O) groups excluding carboxylic acids is 1. The van der Waals surface area contributed by atoms with Crippen molar-refractivity contribution in [1.29, 1.82) is 0 Å². The lowest BCUT2D eigenvalue weighted by Crippen LogP contribution is -2.03. The molecule has 0 N–H and O–H groups in total. The molecule has 0 radical (unpaired) electrons. The minimum atomic E-state index is -0.455. The van der Waals surface area contributed by atoms with Crippen LogP contribution in [0.2, 0.25) is 0 Å². The number of thiophene rings is 1. The van der Waals surface area contributed by atoms with Crippen molar-refractivity contribution in [3.8, 4) is 5.19 Å². The van der Waals surface area contributed by atoms with Crippen LogP contribution in [0.4, 0.5) is 0 Å². The highest BCUT2D eigenvalue weighted by atomic mass is 32.1. The van der Waals surface area contributed by atoms with Gasteiger partial charge < -0.3 is 9.47 Å². The van der Waals surface area contributed by atoms with Gasteiger partial charge in [0, 0.05) is 11.3 Å². The van der Waals surface area contributed by atoms with E-state index >= 15 is 0 Å². The summed E-state index contributed by atoms with van der Waals surface area (Å²) in [7, 11) is 0. The van der Waals surface area contributed by atoms with Gasteiger partial charge in [-0.25, -0.2) is 4.79 Å². The lowest BCUT2D eigenvalue weighted by molar-refractivity contribution is 0.0525. The molecule has 0 bridgehead atoms. The summed E-state index contributed by atoms with van der Waals surface area (Å²) in [5.41, 5.74) is 0. The molecule has 0 spiro atoms. The fraction of sp³-hybridized carbons (Fsp3) is 0.364. The predicted molar refractivity (Wildman–Crippen MR) is 69.4 cm³/mol. The van der Waals surface area contributed by atoms with E-state index in [9.17, 15) is 4.79 Å². The summed E-state index contributed by atoms with van der Waals surface area (Å²) in [6, 6.07) is 4.06. The molecule has 0 amide bonds. The first kappa shape index (κ1) is 13.0. The zero-order chi connectivity index (χ0) is 12.8. The van der Waals surface area contributed by atoms with Crippen LogP contribution >= 0.6 is 22.7 Å². The molecule has 5 nitrogen and oxygen atoms in total. The average molecular weight is 284 g/mol. The topological polar surface area (TPSA) is 61.3 Å². The minimum absolute atomic E-state index is 0.225. The number of hydrogen-bond acceptors (Lipinski definition) is 7. The van der Waals surface area contributed by atoms with Crippen molar-refractivity contribution in [2.75, 3.05) is 13.2 Å². The molecule has 7 heteroatoms. The first-order valence-electron chi connectivity index (χ1n) is 5.45. The number of hydrogen-bond donors (Lipinski definition) is 0. The Morgan fingerprint density at radius 3 is 3.06 bits per heavy atom. The third-order valence-electron chi connectivity index (χ3n) is 2.01. The normalized spacial score (nSPS) is 10.3. The van der Waals surface area contributed by atoms with Crippen molar-refractivity contribution in [2.24, 2.45) is 0 Å². The summed E-state index contributed by atoms with van der Waals surface area (Å²) in [5, 5.41) is 10.2. The lowest BCUT2D eigenvalue weighted by atomic mass is 10.4. The summed E-state index contributed by atoms with van der Waals surface area (Å²) in [4.78, 5) is 12.6. The smallest absolute Gasteiger partial charge is 0.369 e. The van der Waals surface area contributed by atoms with Crippen LogP contribution in [0.5, 0.6) is 5.19 Å². The van der Waals surface area contributed by atoms with Crippen LogP contribution in [0.25, 0.3) is 0 Å². The molecule has 0 saturated heterocycles. The first-order valence-corrected chi connectivity index (χ1v) is 7.15. The molecule has 96 valence electrons. The Morgan fingerprint density at radius 2 is 2.33 bits per heavy atom. The van der Waals surface area contributed by atoms with E-state index in [0.717, 1.165) is 17.8 Å². The highest BCUT2D eigenvalue weighted by molar-refractivity contribution is 7.14. The van der Waals surface area contributed by atoms with Crippen LogP contribution in [-0.2, 0) is 11.2 Å². The summed E-state index contributed by atoms with van der Waals surface area (Å²) < 4.78 is 10.3. The molecule has 0 fully saturated rings. The maximum absolute atomic E-state index is 11.4. The van der Waals surface area contributed by atoms with Gasteiger partial charge in [-0.3, -0.25) is 0 Å². The van der Waals surface area contributed by atoms with E-state index < -0.39 is 5.97 Å². The number of rotatable bonds is 6. The Labute approximate surface area is 112 Å². The molecule has 2 rings (SSSR count). The molecule has 2 aromatic rings. The largest absolute Gasteiger partial charge is 0.469 e. The Hall–Kier alpha value is -1.47. The molecule has 0 aromatic carbocycles. The molecule has 18 heavy (non-hydrogen) atoms. The second-order valence-electron chi connectivity index (χ2n) is 3.27. The molecule has 0 unspecified atom stereocenters. The SMILES string of the molecule is CCOC(=O)c1nnc(OCCc2cccs2)s1.